The summed E-state index contributed by atoms with van der Waals surface area (Å²) in [7, 11) is 0. The number of carbonyl (C=O) groups excluding carboxylic acids is 3. The van der Waals surface area contributed by atoms with Crippen molar-refractivity contribution in [2.75, 3.05) is 13.2 Å². The Hall–Kier alpha value is -3.41. The molecule has 0 fully saturated rings. The molecule has 0 saturated carbocycles. The minimum Gasteiger partial charge on any atom is -0.462 e. The molecule has 1 atom stereocenters. The van der Waals surface area contributed by atoms with Gasteiger partial charge in [-0.25, -0.2) is 0 Å². The molecule has 6 nitrogen and oxygen atoms in total. The highest BCUT2D eigenvalue weighted by atomic mass is 16.6. The smallest absolute Gasteiger partial charge is 0.306 e. The van der Waals surface area contributed by atoms with Crippen LogP contribution in [0.25, 0.3) is 0 Å². The van der Waals surface area contributed by atoms with E-state index >= 15 is 0 Å². The maximum absolute atomic E-state index is 13.0. The molecule has 0 aliphatic carbocycles. The minimum atomic E-state index is -0.792. The van der Waals surface area contributed by atoms with Crippen LogP contribution in [0.4, 0.5) is 0 Å². The molecule has 6 heteroatoms. The number of esters is 3. The van der Waals surface area contributed by atoms with Crippen molar-refractivity contribution in [3.05, 3.63) is 85.1 Å². The molecule has 0 saturated heterocycles. The van der Waals surface area contributed by atoms with E-state index in [1.165, 1.54) is 218 Å². The van der Waals surface area contributed by atoms with Gasteiger partial charge < -0.3 is 14.2 Å². The molecule has 0 amide bonds. The maximum Gasteiger partial charge on any atom is 0.306 e. The Bertz CT molecular complexity index is 1550. The average molecular weight is 1140 g/mol. The van der Waals surface area contributed by atoms with E-state index < -0.39 is 6.10 Å². The first-order valence-electron chi connectivity index (χ1n) is 35.6. The molecule has 474 valence electrons. The van der Waals surface area contributed by atoms with Gasteiger partial charge >= 0.3 is 17.9 Å². The summed E-state index contributed by atoms with van der Waals surface area (Å²) in [5.74, 6) is -0.899. The lowest BCUT2D eigenvalue weighted by atomic mass is 10.0. The van der Waals surface area contributed by atoms with Gasteiger partial charge in [0.1, 0.15) is 13.2 Å². The fourth-order valence-corrected chi connectivity index (χ4v) is 10.3. The highest BCUT2D eigenvalue weighted by Crippen LogP contribution is 2.18. The number of carbonyl (C=O) groups is 3. The summed E-state index contributed by atoms with van der Waals surface area (Å²) < 4.78 is 17.0. The standard InChI is InChI=1S/C76H134O6/c1-4-7-10-13-16-19-22-25-28-31-34-36-38-40-42-45-48-51-54-57-60-63-66-69-75(78)81-72-73(71-80-74(77)68-65-62-59-56-53-50-47-44-41-33-30-27-24-21-18-15-12-9-6-3)82-76(79)70-67-64-61-58-55-52-49-46-43-39-37-35-32-29-26-23-20-17-14-11-8-5-2/h9,12,18,21-22,25,27,30-31,34,41,44,50,53,73H,4-8,10-11,13-17,19-20,23-24,26,28-29,32-33,35-40,42-43,45-49,51-52,54-72H2,1-3H3/b12-9-,21-18-,25-22-,30-27-,34-31-,44-41-,53-50-. The van der Waals surface area contributed by atoms with Gasteiger partial charge in [0.25, 0.3) is 0 Å². The van der Waals surface area contributed by atoms with Crippen molar-refractivity contribution >= 4 is 17.9 Å². The highest BCUT2D eigenvalue weighted by molar-refractivity contribution is 5.71. The monoisotopic (exact) mass is 1140 g/mol. The summed E-state index contributed by atoms with van der Waals surface area (Å²) in [5, 5.41) is 0. The van der Waals surface area contributed by atoms with Crippen LogP contribution >= 0.6 is 0 Å². The molecule has 0 aromatic rings. The number of hydrogen-bond acceptors (Lipinski definition) is 6. The van der Waals surface area contributed by atoms with E-state index in [2.05, 4.69) is 106 Å². The first-order chi connectivity index (χ1) is 40.5. The molecule has 0 aromatic heterocycles. The van der Waals surface area contributed by atoms with E-state index in [4.69, 9.17) is 14.2 Å². The average Bonchev–Trinajstić information content (AvgIpc) is 3.47. The third-order valence-electron chi connectivity index (χ3n) is 15.6. The lowest BCUT2D eigenvalue weighted by molar-refractivity contribution is -0.167. The summed E-state index contributed by atoms with van der Waals surface area (Å²) in [6.07, 6.45) is 93.2. The van der Waals surface area contributed by atoms with Crippen LogP contribution in [-0.2, 0) is 28.6 Å². The molecule has 0 bridgehead atoms. The predicted molar refractivity (Wildman–Crippen MR) is 358 cm³/mol. The summed E-state index contributed by atoms with van der Waals surface area (Å²) in [5.41, 5.74) is 0. The maximum atomic E-state index is 13.0. The normalized spacial score (nSPS) is 12.6. The Morgan fingerprint density at radius 3 is 0.756 bits per heavy atom. The fraction of sp³-hybridized carbons (Fsp3) is 0.776. The van der Waals surface area contributed by atoms with Crippen LogP contribution in [0, 0.1) is 0 Å². The molecule has 0 rings (SSSR count). The zero-order valence-electron chi connectivity index (χ0n) is 54.5. The van der Waals surface area contributed by atoms with Gasteiger partial charge in [-0.05, 0) is 96.3 Å². The second kappa shape index (κ2) is 70.1. The molecule has 0 aliphatic rings. The fourth-order valence-electron chi connectivity index (χ4n) is 10.3. The molecule has 0 spiro atoms. The third kappa shape index (κ3) is 67.4. The molecule has 0 heterocycles. The Morgan fingerprint density at radius 2 is 0.476 bits per heavy atom. The lowest BCUT2D eigenvalue weighted by Crippen LogP contribution is -2.30. The zero-order valence-corrected chi connectivity index (χ0v) is 54.5. The Balaban J connectivity index is 4.39. The topological polar surface area (TPSA) is 78.9 Å². The molecular formula is C76H134O6. The minimum absolute atomic E-state index is 0.0852. The zero-order chi connectivity index (χ0) is 59.2. The Morgan fingerprint density at radius 1 is 0.256 bits per heavy atom. The largest absolute Gasteiger partial charge is 0.462 e. The SMILES string of the molecule is CC/C=C\C/C=C\C/C=C\C/C=C\C/C=C\CCCCCC(=O)OCC(COC(=O)CCCCCCCCCCCCC/C=C\C/C=C\CCCCCCC)OC(=O)CCCCCCCCCCCCCCCCCCCCCCCC. The highest BCUT2D eigenvalue weighted by Gasteiger charge is 2.19. The first-order valence-corrected chi connectivity index (χ1v) is 35.6. The second-order valence-electron chi connectivity index (χ2n) is 23.8. The van der Waals surface area contributed by atoms with Gasteiger partial charge in [-0.2, -0.15) is 0 Å². The number of allylic oxidation sites excluding steroid dienone is 14. The van der Waals surface area contributed by atoms with E-state index in [0.717, 1.165) is 103 Å². The van der Waals surface area contributed by atoms with Crippen molar-refractivity contribution in [1.29, 1.82) is 0 Å². The van der Waals surface area contributed by atoms with Crippen molar-refractivity contribution in [2.24, 2.45) is 0 Å². The molecule has 82 heavy (non-hydrogen) atoms. The van der Waals surface area contributed by atoms with E-state index in [9.17, 15) is 14.4 Å². The van der Waals surface area contributed by atoms with Gasteiger partial charge in [0.2, 0.25) is 0 Å². The van der Waals surface area contributed by atoms with Crippen molar-refractivity contribution in [1.82, 2.24) is 0 Å². The summed E-state index contributed by atoms with van der Waals surface area (Å²) in [4.78, 5) is 38.5. The molecule has 0 N–H and O–H groups in total. The Kier molecular flexibility index (Phi) is 67.2. The second-order valence-corrected chi connectivity index (χ2v) is 23.8. The van der Waals surface area contributed by atoms with Crippen LogP contribution < -0.4 is 0 Å². The van der Waals surface area contributed by atoms with E-state index in [0.29, 0.717) is 19.3 Å². The number of rotatable bonds is 65. The van der Waals surface area contributed by atoms with Gasteiger partial charge in [0.05, 0.1) is 0 Å². The van der Waals surface area contributed by atoms with Gasteiger partial charge in [-0.15, -0.1) is 0 Å². The first kappa shape index (κ1) is 78.6. The number of ether oxygens (including phenoxy) is 3. The quantitative estimate of drug-likeness (QED) is 0.0261. The predicted octanol–water partition coefficient (Wildman–Crippen LogP) is 24.6. The van der Waals surface area contributed by atoms with E-state index in [1.807, 2.05) is 0 Å². The molecule has 0 radical (unpaired) electrons. The molecular weight excluding hydrogens is 1010 g/mol. The van der Waals surface area contributed by atoms with Crippen molar-refractivity contribution < 1.29 is 28.6 Å². The van der Waals surface area contributed by atoms with E-state index in [1.54, 1.807) is 0 Å². The van der Waals surface area contributed by atoms with Crippen LogP contribution in [0.5, 0.6) is 0 Å². The van der Waals surface area contributed by atoms with Gasteiger partial charge in [0, 0.05) is 19.3 Å². The van der Waals surface area contributed by atoms with Crippen LogP contribution in [-0.4, -0.2) is 37.2 Å². The van der Waals surface area contributed by atoms with Gasteiger partial charge in [-0.1, -0.05) is 331 Å². The number of unbranched alkanes of at least 4 members (excludes halogenated alkanes) is 40. The molecule has 0 aromatic carbocycles. The van der Waals surface area contributed by atoms with Crippen molar-refractivity contribution in [3.63, 3.8) is 0 Å². The summed E-state index contributed by atoms with van der Waals surface area (Å²) >= 11 is 0. The van der Waals surface area contributed by atoms with Gasteiger partial charge in [0.15, 0.2) is 6.10 Å². The molecule has 1 unspecified atom stereocenters. The van der Waals surface area contributed by atoms with Crippen LogP contribution in [0.2, 0.25) is 0 Å². The lowest BCUT2D eigenvalue weighted by Gasteiger charge is -2.18. The number of hydrogen-bond donors (Lipinski definition) is 0. The van der Waals surface area contributed by atoms with Crippen molar-refractivity contribution in [2.45, 2.75) is 367 Å². The molecule has 0 aliphatic heterocycles. The van der Waals surface area contributed by atoms with Crippen molar-refractivity contribution in [3.8, 4) is 0 Å². The summed E-state index contributed by atoms with van der Waals surface area (Å²) in [6.45, 7) is 6.55. The summed E-state index contributed by atoms with van der Waals surface area (Å²) in [6, 6.07) is 0. The van der Waals surface area contributed by atoms with Crippen LogP contribution in [0.15, 0.2) is 85.1 Å². The van der Waals surface area contributed by atoms with E-state index in [-0.39, 0.29) is 31.1 Å². The van der Waals surface area contributed by atoms with Crippen LogP contribution in [0.1, 0.15) is 361 Å². The Labute approximate surface area is 509 Å². The van der Waals surface area contributed by atoms with Crippen LogP contribution in [0.3, 0.4) is 0 Å². The third-order valence-corrected chi connectivity index (χ3v) is 15.6. The van der Waals surface area contributed by atoms with Gasteiger partial charge in [-0.3, -0.25) is 14.4 Å².